The lowest BCUT2D eigenvalue weighted by Gasteiger charge is -2.11. The number of hydrogen-bond acceptors (Lipinski definition) is 4. The highest BCUT2D eigenvalue weighted by Gasteiger charge is 2.28. The Balaban J connectivity index is 1.99. The average molecular weight is 340 g/mol. The molecule has 0 bridgehead atoms. The first-order valence-corrected chi connectivity index (χ1v) is 7.36. The molecule has 2 aromatic heterocycles. The molecule has 3 heterocycles. The minimum absolute atomic E-state index is 0.0454. The zero-order valence-corrected chi connectivity index (χ0v) is 12.7. The van der Waals surface area contributed by atoms with Crippen LogP contribution in [0.5, 0.6) is 0 Å². The van der Waals surface area contributed by atoms with E-state index in [1.54, 1.807) is 0 Å². The number of pyridine rings is 1. The fourth-order valence-electron chi connectivity index (χ4n) is 2.80. The van der Waals surface area contributed by atoms with E-state index < -0.39 is 11.6 Å². The van der Waals surface area contributed by atoms with Crippen LogP contribution in [0, 0.1) is 11.6 Å². The number of amides is 1. The van der Waals surface area contributed by atoms with Gasteiger partial charge in [-0.05, 0) is 24.3 Å². The molecule has 1 aromatic carbocycles. The Bertz CT molecular complexity index is 1010. The summed E-state index contributed by atoms with van der Waals surface area (Å²) in [7, 11) is 0. The van der Waals surface area contributed by atoms with E-state index in [-0.39, 0.29) is 35.0 Å². The summed E-state index contributed by atoms with van der Waals surface area (Å²) in [6.07, 6.45) is 2.06. The van der Waals surface area contributed by atoms with E-state index >= 15 is 0 Å². The molecule has 0 saturated carbocycles. The number of nitrogens with zero attached hydrogens (tertiary/aromatic N) is 3. The fraction of sp³-hybridized carbons (Fsp3) is 0.0588. The highest BCUT2D eigenvalue weighted by molar-refractivity contribution is 6.01. The first-order chi connectivity index (χ1) is 12.1. The maximum atomic E-state index is 14.1. The van der Waals surface area contributed by atoms with Crippen LogP contribution in [-0.2, 0) is 6.54 Å². The molecule has 1 aliphatic heterocycles. The monoisotopic (exact) mass is 340 g/mol. The number of carbonyl (C=O) groups excluding carboxylic acids is 2. The minimum atomic E-state index is -0.760. The van der Waals surface area contributed by atoms with Crippen molar-refractivity contribution >= 4 is 12.2 Å². The molecule has 0 aliphatic carbocycles. The Labute approximate surface area is 140 Å². The van der Waals surface area contributed by atoms with Gasteiger partial charge in [-0.1, -0.05) is 6.07 Å². The van der Waals surface area contributed by atoms with Crippen LogP contribution in [0.1, 0.15) is 26.5 Å². The fourth-order valence-corrected chi connectivity index (χ4v) is 2.80. The number of fused-ring (bicyclic) bond motifs is 1. The van der Waals surface area contributed by atoms with Crippen LogP contribution in [0.15, 0.2) is 36.5 Å². The highest BCUT2D eigenvalue weighted by Crippen LogP contribution is 2.30. The number of halogens is 2. The number of aromatic nitrogens is 3. The van der Waals surface area contributed by atoms with Crippen LogP contribution in [0.25, 0.3) is 16.9 Å². The summed E-state index contributed by atoms with van der Waals surface area (Å²) in [5.41, 5.74) is 0.857. The average Bonchev–Trinajstić information content (AvgIpc) is 3.21. The second-order valence-corrected chi connectivity index (χ2v) is 5.43. The number of carbonyl (C=O) groups is 2. The second kappa shape index (κ2) is 5.59. The lowest BCUT2D eigenvalue weighted by molar-refractivity contribution is 0.0965. The van der Waals surface area contributed by atoms with Crippen LogP contribution < -0.4 is 5.32 Å². The molecule has 25 heavy (non-hydrogen) atoms. The summed E-state index contributed by atoms with van der Waals surface area (Å²) in [5.74, 6) is -1.88. The molecule has 0 fully saturated rings. The SMILES string of the molecule is O=Cc1ccn(-c2cc(-c3c(F)cccc3F)nc3c2C(=O)NC3)n1. The number of aldehydes is 1. The van der Waals surface area contributed by atoms with Crippen LogP contribution in [0.2, 0.25) is 0 Å². The molecule has 0 unspecified atom stereocenters. The molecule has 1 amide bonds. The van der Waals surface area contributed by atoms with Crippen LogP contribution in [-0.4, -0.2) is 27.0 Å². The molecule has 124 valence electrons. The highest BCUT2D eigenvalue weighted by atomic mass is 19.1. The summed E-state index contributed by atoms with van der Waals surface area (Å²) < 4.78 is 29.6. The van der Waals surface area contributed by atoms with Crippen molar-refractivity contribution < 1.29 is 18.4 Å². The maximum absolute atomic E-state index is 14.1. The Morgan fingerprint density at radius 3 is 2.60 bits per heavy atom. The van der Waals surface area contributed by atoms with E-state index in [0.29, 0.717) is 17.7 Å². The van der Waals surface area contributed by atoms with Crippen molar-refractivity contribution in [3.05, 3.63) is 65.1 Å². The van der Waals surface area contributed by atoms with Crippen molar-refractivity contribution in [3.63, 3.8) is 0 Å². The summed E-state index contributed by atoms with van der Waals surface area (Å²) in [5, 5.41) is 6.67. The number of benzene rings is 1. The molecule has 6 nitrogen and oxygen atoms in total. The van der Waals surface area contributed by atoms with Crippen molar-refractivity contribution in [1.29, 1.82) is 0 Å². The number of nitrogens with one attached hydrogen (secondary N) is 1. The summed E-state index contributed by atoms with van der Waals surface area (Å²) in [6.45, 7) is 0.146. The molecule has 8 heteroatoms. The van der Waals surface area contributed by atoms with Gasteiger partial charge in [0, 0.05) is 6.20 Å². The van der Waals surface area contributed by atoms with Crippen molar-refractivity contribution in [1.82, 2.24) is 20.1 Å². The van der Waals surface area contributed by atoms with Gasteiger partial charge in [0.25, 0.3) is 5.91 Å². The molecule has 1 aliphatic rings. The Kier molecular flexibility index (Phi) is 3.38. The lowest BCUT2D eigenvalue weighted by Crippen LogP contribution is -2.14. The van der Waals surface area contributed by atoms with E-state index in [1.165, 1.54) is 29.1 Å². The Hall–Kier alpha value is -3.42. The molecule has 0 saturated heterocycles. The largest absolute Gasteiger partial charge is 0.346 e. The third-order valence-electron chi connectivity index (χ3n) is 3.91. The quantitative estimate of drug-likeness (QED) is 0.742. The van der Waals surface area contributed by atoms with Gasteiger partial charge in [-0.2, -0.15) is 5.10 Å². The van der Waals surface area contributed by atoms with Crippen molar-refractivity contribution in [2.24, 2.45) is 0 Å². The first kappa shape index (κ1) is 15.1. The standard InChI is InChI=1S/C17H10F2N4O2/c18-10-2-1-3-11(19)15(10)12-6-14(23-5-4-9(8-24)22-23)16-13(21-12)7-20-17(16)25/h1-6,8H,7H2,(H,20,25). The van der Waals surface area contributed by atoms with E-state index in [9.17, 15) is 18.4 Å². The molecular weight excluding hydrogens is 330 g/mol. The van der Waals surface area contributed by atoms with Crippen LogP contribution in [0.4, 0.5) is 8.78 Å². The molecule has 0 radical (unpaired) electrons. The van der Waals surface area contributed by atoms with Crippen molar-refractivity contribution in [3.8, 4) is 16.9 Å². The Morgan fingerprint density at radius 1 is 1.16 bits per heavy atom. The summed E-state index contributed by atoms with van der Waals surface area (Å²) >= 11 is 0. The molecule has 3 aromatic rings. The summed E-state index contributed by atoms with van der Waals surface area (Å²) in [4.78, 5) is 27.2. The van der Waals surface area contributed by atoms with Gasteiger partial charge in [-0.15, -0.1) is 0 Å². The maximum Gasteiger partial charge on any atom is 0.255 e. The number of hydrogen-bond donors (Lipinski definition) is 1. The molecule has 1 N–H and O–H groups in total. The van der Waals surface area contributed by atoms with Gasteiger partial charge < -0.3 is 5.32 Å². The molecular formula is C17H10F2N4O2. The van der Waals surface area contributed by atoms with Crippen LogP contribution >= 0.6 is 0 Å². The first-order valence-electron chi connectivity index (χ1n) is 7.36. The van der Waals surface area contributed by atoms with Gasteiger partial charge >= 0.3 is 0 Å². The van der Waals surface area contributed by atoms with Gasteiger partial charge in [0.2, 0.25) is 0 Å². The molecule has 0 spiro atoms. The normalized spacial score (nSPS) is 12.8. The van der Waals surface area contributed by atoms with E-state index in [1.807, 2.05) is 0 Å². The predicted molar refractivity (Wildman–Crippen MR) is 83.3 cm³/mol. The van der Waals surface area contributed by atoms with Gasteiger partial charge in [0.05, 0.1) is 34.7 Å². The van der Waals surface area contributed by atoms with E-state index in [0.717, 1.165) is 12.1 Å². The van der Waals surface area contributed by atoms with Gasteiger partial charge in [-0.3, -0.25) is 9.59 Å². The van der Waals surface area contributed by atoms with E-state index in [4.69, 9.17) is 0 Å². The third-order valence-corrected chi connectivity index (χ3v) is 3.91. The topological polar surface area (TPSA) is 76.9 Å². The van der Waals surface area contributed by atoms with Crippen LogP contribution in [0.3, 0.4) is 0 Å². The van der Waals surface area contributed by atoms with E-state index in [2.05, 4.69) is 15.4 Å². The van der Waals surface area contributed by atoms with Crippen molar-refractivity contribution in [2.75, 3.05) is 0 Å². The minimum Gasteiger partial charge on any atom is -0.346 e. The third kappa shape index (κ3) is 2.38. The summed E-state index contributed by atoms with van der Waals surface area (Å²) in [6, 6.07) is 6.38. The zero-order chi connectivity index (χ0) is 17.6. The predicted octanol–water partition coefficient (Wildman–Crippen LogP) is 2.27. The van der Waals surface area contributed by atoms with Crippen molar-refractivity contribution in [2.45, 2.75) is 6.54 Å². The number of rotatable bonds is 3. The smallest absolute Gasteiger partial charge is 0.255 e. The molecule has 4 rings (SSSR count). The van der Waals surface area contributed by atoms with Gasteiger partial charge in [0.15, 0.2) is 6.29 Å². The second-order valence-electron chi connectivity index (χ2n) is 5.43. The van der Waals surface area contributed by atoms with Gasteiger partial charge in [-0.25, -0.2) is 18.4 Å². The molecule has 0 atom stereocenters. The van der Waals surface area contributed by atoms with Gasteiger partial charge in [0.1, 0.15) is 17.3 Å². The Morgan fingerprint density at radius 2 is 1.92 bits per heavy atom. The lowest BCUT2D eigenvalue weighted by atomic mass is 10.1. The zero-order valence-electron chi connectivity index (χ0n) is 12.7.